The maximum absolute atomic E-state index is 14.0. The van der Waals surface area contributed by atoms with Crippen LogP contribution in [0.3, 0.4) is 0 Å². The molecule has 1 aromatic rings. The van der Waals surface area contributed by atoms with Gasteiger partial charge in [0.05, 0.1) is 25.9 Å². The zero-order valence-corrected chi connectivity index (χ0v) is 11.5. The van der Waals surface area contributed by atoms with Crippen LogP contribution in [0.4, 0.5) is 4.39 Å². The molecule has 0 heterocycles. The van der Waals surface area contributed by atoms with Crippen LogP contribution in [0.5, 0.6) is 0 Å². The second kappa shape index (κ2) is 7.46. The average Bonchev–Trinajstić information content (AvgIpc) is 2.31. The van der Waals surface area contributed by atoms with Crippen molar-refractivity contribution in [1.82, 2.24) is 5.32 Å². The molecule has 0 amide bonds. The highest BCUT2D eigenvalue weighted by atomic mass is 19.1. The molecule has 0 aliphatic rings. The molecule has 1 rings (SSSR count). The molecule has 0 aromatic heterocycles. The largest absolute Gasteiger partial charge is 0.382 e. The lowest BCUT2D eigenvalue weighted by atomic mass is 9.99. The maximum atomic E-state index is 14.0. The van der Waals surface area contributed by atoms with Gasteiger partial charge >= 0.3 is 0 Å². The number of likely N-dealkylation sites (N-methyl/N-ethyl adjacent to an activating group) is 1. The third-order valence-corrected chi connectivity index (χ3v) is 2.89. The zero-order valence-electron chi connectivity index (χ0n) is 11.5. The molecule has 18 heavy (non-hydrogen) atoms. The van der Waals surface area contributed by atoms with Crippen molar-refractivity contribution in [2.75, 3.05) is 34.0 Å². The van der Waals surface area contributed by atoms with Crippen LogP contribution in [-0.2, 0) is 9.47 Å². The molecule has 0 aliphatic carbocycles. The number of hydrogen-bond donors (Lipinski definition) is 1. The summed E-state index contributed by atoms with van der Waals surface area (Å²) in [5.41, 5.74) is 2.56. The lowest BCUT2D eigenvalue weighted by Crippen LogP contribution is -2.24. The SMILES string of the molecule is CNC(COCCOC)c1c(C)cc(C)cc1F. The van der Waals surface area contributed by atoms with Crippen molar-refractivity contribution in [3.05, 3.63) is 34.6 Å². The minimum atomic E-state index is -0.179. The van der Waals surface area contributed by atoms with Gasteiger partial charge in [0.15, 0.2) is 0 Å². The Morgan fingerprint density at radius 3 is 2.56 bits per heavy atom. The predicted molar refractivity (Wildman–Crippen MR) is 70.4 cm³/mol. The molecule has 0 spiro atoms. The standard InChI is InChI=1S/C14H22FNO2/c1-10-7-11(2)14(12(15)8-10)13(16-3)9-18-6-5-17-4/h7-8,13,16H,5-6,9H2,1-4H3. The highest BCUT2D eigenvalue weighted by molar-refractivity contribution is 5.34. The summed E-state index contributed by atoms with van der Waals surface area (Å²) in [7, 11) is 3.44. The molecule has 4 heteroatoms. The predicted octanol–water partition coefficient (Wildman–Crippen LogP) is 2.37. The van der Waals surface area contributed by atoms with E-state index in [-0.39, 0.29) is 11.9 Å². The Labute approximate surface area is 108 Å². The zero-order chi connectivity index (χ0) is 13.5. The Hall–Kier alpha value is -0.970. The van der Waals surface area contributed by atoms with Crippen molar-refractivity contribution in [3.63, 3.8) is 0 Å². The Bertz CT molecular complexity index is 359. The first-order chi connectivity index (χ1) is 8.60. The number of ether oxygens (including phenoxy) is 2. The van der Waals surface area contributed by atoms with Crippen LogP contribution in [0.15, 0.2) is 12.1 Å². The highest BCUT2D eigenvalue weighted by Crippen LogP contribution is 2.23. The Morgan fingerprint density at radius 2 is 2.00 bits per heavy atom. The third-order valence-electron chi connectivity index (χ3n) is 2.89. The summed E-state index contributed by atoms with van der Waals surface area (Å²) in [6, 6.07) is 3.40. The van der Waals surface area contributed by atoms with Crippen LogP contribution >= 0.6 is 0 Å². The van der Waals surface area contributed by atoms with Crippen LogP contribution < -0.4 is 5.32 Å². The van der Waals surface area contributed by atoms with E-state index < -0.39 is 0 Å². The molecule has 0 saturated carbocycles. The van der Waals surface area contributed by atoms with E-state index in [0.29, 0.717) is 25.4 Å². The number of nitrogens with one attached hydrogen (secondary N) is 1. The molecular weight excluding hydrogens is 233 g/mol. The van der Waals surface area contributed by atoms with Gasteiger partial charge in [-0.15, -0.1) is 0 Å². The first-order valence-electron chi connectivity index (χ1n) is 6.10. The number of aryl methyl sites for hydroxylation is 2. The summed E-state index contributed by atoms with van der Waals surface area (Å²) in [5, 5.41) is 3.09. The fourth-order valence-corrected chi connectivity index (χ4v) is 2.02. The molecule has 102 valence electrons. The topological polar surface area (TPSA) is 30.5 Å². The van der Waals surface area contributed by atoms with Gasteiger partial charge in [0.25, 0.3) is 0 Å². The van der Waals surface area contributed by atoms with Crippen molar-refractivity contribution >= 4 is 0 Å². The van der Waals surface area contributed by atoms with E-state index >= 15 is 0 Å². The molecular formula is C14H22FNO2. The molecule has 0 bridgehead atoms. The molecule has 1 aromatic carbocycles. The lowest BCUT2D eigenvalue weighted by Gasteiger charge is -2.20. The maximum Gasteiger partial charge on any atom is 0.128 e. The van der Waals surface area contributed by atoms with Gasteiger partial charge in [-0.3, -0.25) is 0 Å². The van der Waals surface area contributed by atoms with Gasteiger partial charge in [0.1, 0.15) is 5.82 Å². The summed E-state index contributed by atoms with van der Waals surface area (Å²) in [6.45, 7) is 5.31. The average molecular weight is 255 g/mol. The summed E-state index contributed by atoms with van der Waals surface area (Å²) >= 11 is 0. The van der Waals surface area contributed by atoms with Gasteiger partial charge in [0.2, 0.25) is 0 Å². The number of hydrogen-bond acceptors (Lipinski definition) is 3. The van der Waals surface area contributed by atoms with Gasteiger partial charge in [-0.2, -0.15) is 0 Å². The normalized spacial score (nSPS) is 12.7. The van der Waals surface area contributed by atoms with Crippen molar-refractivity contribution in [2.24, 2.45) is 0 Å². The highest BCUT2D eigenvalue weighted by Gasteiger charge is 2.17. The van der Waals surface area contributed by atoms with Gasteiger partial charge in [-0.05, 0) is 38.1 Å². The minimum absolute atomic E-state index is 0.137. The monoisotopic (exact) mass is 255 g/mol. The van der Waals surface area contributed by atoms with Gasteiger partial charge < -0.3 is 14.8 Å². The van der Waals surface area contributed by atoms with Crippen molar-refractivity contribution in [2.45, 2.75) is 19.9 Å². The smallest absolute Gasteiger partial charge is 0.128 e. The van der Waals surface area contributed by atoms with E-state index in [9.17, 15) is 4.39 Å². The third kappa shape index (κ3) is 4.05. The van der Waals surface area contributed by atoms with E-state index in [0.717, 1.165) is 11.1 Å². The fraction of sp³-hybridized carbons (Fsp3) is 0.571. The van der Waals surface area contributed by atoms with Crippen LogP contribution in [0, 0.1) is 19.7 Å². The van der Waals surface area contributed by atoms with E-state index in [1.54, 1.807) is 13.2 Å². The fourth-order valence-electron chi connectivity index (χ4n) is 2.02. The minimum Gasteiger partial charge on any atom is -0.382 e. The number of halogens is 1. The van der Waals surface area contributed by atoms with Crippen molar-refractivity contribution < 1.29 is 13.9 Å². The summed E-state index contributed by atoms with van der Waals surface area (Å²) in [5.74, 6) is -0.179. The quantitative estimate of drug-likeness (QED) is 0.759. The van der Waals surface area contributed by atoms with Crippen molar-refractivity contribution in [3.8, 4) is 0 Å². The summed E-state index contributed by atoms with van der Waals surface area (Å²) in [6.07, 6.45) is 0. The van der Waals surface area contributed by atoms with Crippen LogP contribution in [0.25, 0.3) is 0 Å². The second-order valence-electron chi connectivity index (χ2n) is 4.39. The molecule has 0 radical (unpaired) electrons. The molecule has 1 unspecified atom stereocenters. The van der Waals surface area contributed by atoms with Crippen LogP contribution in [0.2, 0.25) is 0 Å². The lowest BCUT2D eigenvalue weighted by molar-refractivity contribution is 0.0591. The first-order valence-corrected chi connectivity index (χ1v) is 6.10. The number of benzene rings is 1. The van der Waals surface area contributed by atoms with Crippen LogP contribution in [0.1, 0.15) is 22.7 Å². The van der Waals surface area contributed by atoms with Gasteiger partial charge in [0, 0.05) is 12.7 Å². The van der Waals surface area contributed by atoms with Gasteiger partial charge in [-0.1, -0.05) is 6.07 Å². The molecule has 3 nitrogen and oxygen atoms in total. The molecule has 0 saturated heterocycles. The molecule has 1 N–H and O–H groups in total. The van der Waals surface area contributed by atoms with E-state index in [1.165, 1.54) is 0 Å². The molecule has 1 atom stereocenters. The van der Waals surface area contributed by atoms with E-state index in [2.05, 4.69) is 5.32 Å². The molecule has 0 aliphatic heterocycles. The molecule has 0 fully saturated rings. The van der Waals surface area contributed by atoms with Crippen molar-refractivity contribution in [1.29, 1.82) is 0 Å². The van der Waals surface area contributed by atoms with E-state index in [4.69, 9.17) is 9.47 Å². The number of rotatable bonds is 7. The summed E-state index contributed by atoms with van der Waals surface area (Å²) < 4.78 is 24.4. The Kier molecular flexibility index (Phi) is 6.25. The van der Waals surface area contributed by atoms with Gasteiger partial charge in [-0.25, -0.2) is 4.39 Å². The Morgan fingerprint density at radius 1 is 1.28 bits per heavy atom. The summed E-state index contributed by atoms with van der Waals surface area (Å²) in [4.78, 5) is 0. The van der Waals surface area contributed by atoms with E-state index in [1.807, 2.05) is 27.0 Å². The first kappa shape index (κ1) is 15.1. The number of methoxy groups -OCH3 is 1. The Balaban J connectivity index is 2.75. The van der Waals surface area contributed by atoms with Crippen LogP contribution in [-0.4, -0.2) is 34.0 Å². The second-order valence-corrected chi connectivity index (χ2v) is 4.39.